The van der Waals surface area contributed by atoms with Crippen LogP contribution >= 0.6 is 11.8 Å². The number of hydrogen-bond acceptors (Lipinski definition) is 4. The molecule has 3 rings (SSSR count). The van der Waals surface area contributed by atoms with Gasteiger partial charge in [0.1, 0.15) is 17.7 Å². The van der Waals surface area contributed by atoms with E-state index in [9.17, 15) is 18.4 Å². The molecule has 2 aromatic rings. The molecule has 1 aliphatic heterocycles. The van der Waals surface area contributed by atoms with Crippen molar-refractivity contribution in [3.63, 3.8) is 0 Å². The normalized spacial score (nSPS) is 17.3. The number of benzene rings is 1. The summed E-state index contributed by atoms with van der Waals surface area (Å²) in [6.07, 6.45) is 4.98. The number of nitrogens with zero attached hydrogens (tertiary/aromatic N) is 2. The van der Waals surface area contributed by atoms with Crippen molar-refractivity contribution in [3.8, 4) is 0 Å². The Balaban J connectivity index is 1.87. The number of halogens is 2. The van der Waals surface area contributed by atoms with Gasteiger partial charge in [0.15, 0.2) is 0 Å². The molecule has 1 saturated heterocycles. The number of urea groups is 1. The number of imide groups is 1. The van der Waals surface area contributed by atoms with Gasteiger partial charge >= 0.3 is 6.03 Å². The summed E-state index contributed by atoms with van der Waals surface area (Å²) in [6.45, 7) is 0. The largest absolute Gasteiger partial charge is 0.329 e. The van der Waals surface area contributed by atoms with E-state index >= 15 is 0 Å². The number of pyridine rings is 1. The van der Waals surface area contributed by atoms with E-state index in [1.807, 2.05) is 0 Å². The number of aromatic nitrogens is 1. The predicted molar refractivity (Wildman–Crippen MR) is 85.9 cm³/mol. The lowest BCUT2D eigenvalue weighted by atomic mass is 10.1. The van der Waals surface area contributed by atoms with Crippen LogP contribution in [0.2, 0.25) is 0 Å². The molecule has 1 N–H and O–H groups in total. The van der Waals surface area contributed by atoms with Crippen LogP contribution < -0.4 is 10.2 Å². The summed E-state index contributed by atoms with van der Waals surface area (Å²) in [6, 6.07) is 3.95. The average Bonchev–Trinajstić information content (AvgIpc) is 2.82. The molecule has 5 nitrogen and oxygen atoms in total. The van der Waals surface area contributed by atoms with Gasteiger partial charge in [0.2, 0.25) is 0 Å². The zero-order valence-corrected chi connectivity index (χ0v) is 13.4. The minimum atomic E-state index is -0.810. The van der Waals surface area contributed by atoms with Gasteiger partial charge in [-0.2, -0.15) is 0 Å². The number of carbonyl (C=O) groups excluding carboxylic acids is 2. The van der Waals surface area contributed by atoms with Gasteiger partial charge in [0.05, 0.1) is 10.6 Å². The second-order valence-electron chi connectivity index (χ2n) is 5.18. The maximum Gasteiger partial charge on any atom is 0.329 e. The number of rotatable bonds is 4. The Kier molecular flexibility index (Phi) is 4.48. The first kappa shape index (κ1) is 16.4. The van der Waals surface area contributed by atoms with E-state index in [-0.39, 0.29) is 17.0 Å². The summed E-state index contributed by atoms with van der Waals surface area (Å²) >= 11 is 0.917. The van der Waals surface area contributed by atoms with Crippen LogP contribution in [0.15, 0.2) is 41.6 Å². The molecule has 124 valence electrons. The Bertz CT molecular complexity index is 778. The van der Waals surface area contributed by atoms with E-state index in [1.54, 1.807) is 30.8 Å². The molecule has 0 aliphatic carbocycles. The van der Waals surface area contributed by atoms with Crippen molar-refractivity contribution in [1.29, 1.82) is 0 Å². The SMILES string of the molecule is CSc1c(F)cc(N2C(=O)NC(Cc3ccncc3)C2=O)cc1F. The maximum absolute atomic E-state index is 13.9. The van der Waals surface area contributed by atoms with Crippen LogP contribution in [0.4, 0.5) is 19.3 Å². The first-order valence-electron chi connectivity index (χ1n) is 7.07. The van der Waals surface area contributed by atoms with Crippen LogP contribution in [0, 0.1) is 11.6 Å². The Labute approximate surface area is 141 Å². The lowest BCUT2D eigenvalue weighted by Crippen LogP contribution is -2.32. The molecule has 1 aromatic carbocycles. The summed E-state index contributed by atoms with van der Waals surface area (Å²) in [5.74, 6) is -2.17. The third kappa shape index (κ3) is 2.96. The molecule has 3 amide bonds. The topological polar surface area (TPSA) is 62.3 Å². The maximum atomic E-state index is 13.9. The van der Waals surface area contributed by atoms with E-state index in [1.165, 1.54) is 0 Å². The van der Waals surface area contributed by atoms with Gasteiger partial charge in [-0.1, -0.05) is 0 Å². The number of hydrogen-bond donors (Lipinski definition) is 1. The third-order valence-electron chi connectivity index (χ3n) is 3.65. The number of thioether (sulfide) groups is 1. The Morgan fingerprint density at radius 1 is 1.21 bits per heavy atom. The summed E-state index contributed by atoms with van der Waals surface area (Å²) in [5.41, 5.74) is 0.697. The van der Waals surface area contributed by atoms with Crippen molar-refractivity contribution in [2.75, 3.05) is 11.2 Å². The monoisotopic (exact) mass is 349 g/mol. The van der Waals surface area contributed by atoms with Gasteiger partial charge in [0, 0.05) is 18.8 Å². The molecule has 1 atom stereocenters. The molecule has 0 spiro atoms. The second kappa shape index (κ2) is 6.56. The first-order chi connectivity index (χ1) is 11.5. The van der Waals surface area contributed by atoms with Gasteiger partial charge in [-0.05, 0) is 36.1 Å². The highest BCUT2D eigenvalue weighted by atomic mass is 32.2. The molecule has 0 radical (unpaired) electrons. The van der Waals surface area contributed by atoms with Gasteiger partial charge in [-0.25, -0.2) is 18.5 Å². The van der Waals surface area contributed by atoms with Crippen molar-refractivity contribution >= 4 is 29.4 Å². The summed E-state index contributed by atoms with van der Waals surface area (Å²) in [7, 11) is 0. The van der Waals surface area contributed by atoms with E-state index < -0.39 is 29.6 Å². The molecule has 0 bridgehead atoms. The molecule has 1 aromatic heterocycles. The lowest BCUT2D eigenvalue weighted by molar-refractivity contribution is -0.118. The fourth-order valence-corrected chi connectivity index (χ4v) is 3.05. The van der Waals surface area contributed by atoms with Crippen LogP contribution in [0.5, 0.6) is 0 Å². The predicted octanol–water partition coefficient (Wildman–Crippen LogP) is 2.75. The van der Waals surface area contributed by atoms with Crippen molar-refractivity contribution in [3.05, 3.63) is 53.9 Å². The molecule has 1 aliphatic rings. The molecule has 24 heavy (non-hydrogen) atoms. The fourth-order valence-electron chi connectivity index (χ4n) is 2.54. The zero-order valence-electron chi connectivity index (χ0n) is 12.6. The van der Waals surface area contributed by atoms with Crippen molar-refractivity contribution in [2.24, 2.45) is 0 Å². The molecule has 8 heteroatoms. The van der Waals surface area contributed by atoms with Crippen LogP contribution in [0.3, 0.4) is 0 Å². The van der Waals surface area contributed by atoms with Gasteiger partial charge in [0.25, 0.3) is 5.91 Å². The fraction of sp³-hybridized carbons (Fsp3) is 0.188. The Morgan fingerprint density at radius 2 is 1.83 bits per heavy atom. The molecule has 2 heterocycles. The Hall–Kier alpha value is -2.48. The van der Waals surface area contributed by atoms with Crippen LogP contribution in [-0.2, 0) is 11.2 Å². The van der Waals surface area contributed by atoms with E-state index in [0.29, 0.717) is 0 Å². The van der Waals surface area contributed by atoms with E-state index in [4.69, 9.17) is 0 Å². The van der Waals surface area contributed by atoms with Crippen LogP contribution in [0.25, 0.3) is 0 Å². The minimum absolute atomic E-state index is 0.123. The van der Waals surface area contributed by atoms with E-state index in [0.717, 1.165) is 34.4 Å². The number of amides is 3. The van der Waals surface area contributed by atoms with Crippen LogP contribution in [-0.4, -0.2) is 29.2 Å². The standard InChI is InChI=1S/C16H13F2N3O2S/c1-24-14-11(17)7-10(8-12(14)18)21-15(22)13(20-16(21)23)6-9-2-4-19-5-3-9/h2-5,7-8,13H,6H2,1H3,(H,20,23). The van der Waals surface area contributed by atoms with E-state index in [2.05, 4.69) is 10.3 Å². The summed E-state index contributed by atoms with van der Waals surface area (Å²) in [4.78, 5) is 29.1. The lowest BCUT2D eigenvalue weighted by Gasteiger charge is -2.14. The quantitative estimate of drug-likeness (QED) is 0.681. The highest BCUT2D eigenvalue weighted by molar-refractivity contribution is 7.98. The number of nitrogens with one attached hydrogen (secondary N) is 1. The average molecular weight is 349 g/mol. The highest BCUT2D eigenvalue weighted by Gasteiger charge is 2.39. The number of anilines is 1. The summed E-state index contributed by atoms with van der Waals surface area (Å²) < 4.78 is 27.9. The van der Waals surface area contributed by atoms with Crippen molar-refractivity contribution < 1.29 is 18.4 Å². The van der Waals surface area contributed by atoms with Gasteiger partial charge in [-0.3, -0.25) is 9.78 Å². The number of carbonyl (C=O) groups is 2. The molecule has 0 saturated carbocycles. The zero-order chi connectivity index (χ0) is 17.3. The smallest absolute Gasteiger partial charge is 0.325 e. The van der Waals surface area contributed by atoms with Crippen molar-refractivity contribution in [1.82, 2.24) is 10.3 Å². The second-order valence-corrected chi connectivity index (χ2v) is 5.99. The third-order valence-corrected chi connectivity index (χ3v) is 4.45. The first-order valence-corrected chi connectivity index (χ1v) is 8.30. The Morgan fingerprint density at radius 3 is 2.42 bits per heavy atom. The molecule has 1 fully saturated rings. The minimum Gasteiger partial charge on any atom is -0.325 e. The van der Waals surface area contributed by atoms with Crippen LogP contribution in [0.1, 0.15) is 5.56 Å². The highest BCUT2D eigenvalue weighted by Crippen LogP contribution is 2.30. The van der Waals surface area contributed by atoms with Crippen molar-refractivity contribution in [2.45, 2.75) is 17.4 Å². The van der Waals surface area contributed by atoms with Gasteiger partial charge < -0.3 is 5.32 Å². The molecular weight excluding hydrogens is 336 g/mol. The van der Waals surface area contributed by atoms with Gasteiger partial charge in [-0.15, -0.1) is 11.8 Å². The molecule has 1 unspecified atom stereocenters. The summed E-state index contributed by atoms with van der Waals surface area (Å²) in [5, 5.41) is 2.54. The molecular formula is C16H13F2N3O2S.